The van der Waals surface area contributed by atoms with Crippen molar-refractivity contribution in [3.8, 4) is 0 Å². The highest BCUT2D eigenvalue weighted by Crippen LogP contribution is 2.14. The lowest BCUT2D eigenvalue weighted by Crippen LogP contribution is -2.38. The summed E-state index contributed by atoms with van der Waals surface area (Å²) in [6.45, 7) is 7.34. The molecule has 2 heterocycles. The number of aromatic nitrogens is 1. The molecule has 0 radical (unpaired) electrons. The third-order valence-electron chi connectivity index (χ3n) is 3.81. The number of rotatable bonds is 5. The van der Waals surface area contributed by atoms with Gasteiger partial charge in [0.2, 0.25) is 5.91 Å². The van der Waals surface area contributed by atoms with E-state index in [9.17, 15) is 4.79 Å². The summed E-state index contributed by atoms with van der Waals surface area (Å²) in [6.07, 6.45) is 1.78. The summed E-state index contributed by atoms with van der Waals surface area (Å²) >= 11 is 0. The zero-order chi connectivity index (χ0) is 15.2. The van der Waals surface area contributed by atoms with Gasteiger partial charge in [0.05, 0.1) is 13.2 Å². The Labute approximate surface area is 150 Å². The van der Waals surface area contributed by atoms with Gasteiger partial charge < -0.3 is 20.7 Å². The van der Waals surface area contributed by atoms with Gasteiger partial charge in [-0.05, 0) is 24.6 Å². The minimum atomic E-state index is -0.189. The Morgan fingerprint density at radius 3 is 2.65 bits per heavy atom. The highest BCUT2D eigenvalue weighted by atomic mass is 35.5. The molecule has 0 aromatic carbocycles. The molecule has 8 heteroatoms. The first-order valence-corrected chi connectivity index (χ1v) is 7.39. The topological polar surface area (TPSA) is 80.5 Å². The predicted molar refractivity (Wildman–Crippen MR) is 96.4 cm³/mol. The van der Waals surface area contributed by atoms with Gasteiger partial charge in [0.1, 0.15) is 5.82 Å². The molecule has 1 aromatic rings. The van der Waals surface area contributed by atoms with Gasteiger partial charge in [-0.1, -0.05) is 6.92 Å². The standard InChI is InChI=1S/C15H24N4O2.2ClH/c1-11(12(2)16)15(20)18-10-13-3-4-17-14(9-13)19-5-7-21-8-6-19;;/h3-4,9,11-12H,5-8,10,16H2,1-2H3,(H,18,20);2*1H. The van der Waals surface area contributed by atoms with Gasteiger partial charge in [0.25, 0.3) is 0 Å². The third kappa shape index (κ3) is 6.51. The Balaban J connectivity index is 0.00000242. The molecule has 0 saturated carbocycles. The number of anilines is 1. The molecule has 0 bridgehead atoms. The Morgan fingerprint density at radius 2 is 2.04 bits per heavy atom. The second kappa shape index (κ2) is 10.6. The van der Waals surface area contributed by atoms with Gasteiger partial charge in [0.15, 0.2) is 0 Å². The number of morpholine rings is 1. The van der Waals surface area contributed by atoms with Crippen LogP contribution in [0.5, 0.6) is 0 Å². The van der Waals surface area contributed by atoms with Crippen LogP contribution < -0.4 is 16.0 Å². The van der Waals surface area contributed by atoms with E-state index >= 15 is 0 Å². The molecular formula is C15H26Cl2N4O2. The Morgan fingerprint density at radius 1 is 1.39 bits per heavy atom. The first-order valence-electron chi connectivity index (χ1n) is 7.39. The van der Waals surface area contributed by atoms with Gasteiger partial charge in [-0.25, -0.2) is 4.98 Å². The molecule has 1 aliphatic heterocycles. The number of nitrogens with two attached hydrogens (primary N) is 1. The van der Waals surface area contributed by atoms with Crippen molar-refractivity contribution in [2.24, 2.45) is 11.7 Å². The number of nitrogens with one attached hydrogen (secondary N) is 1. The minimum Gasteiger partial charge on any atom is -0.378 e. The summed E-state index contributed by atoms with van der Waals surface area (Å²) in [6, 6.07) is 3.79. The predicted octanol–water partition coefficient (Wildman–Crippen LogP) is 1.36. The quantitative estimate of drug-likeness (QED) is 0.824. The van der Waals surface area contributed by atoms with E-state index in [1.807, 2.05) is 26.0 Å². The van der Waals surface area contributed by atoms with Crippen molar-refractivity contribution in [2.75, 3.05) is 31.2 Å². The zero-order valence-corrected chi connectivity index (χ0v) is 15.2. The van der Waals surface area contributed by atoms with Crippen molar-refractivity contribution in [3.63, 3.8) is 0 Å². The van der Waals surface area contributed by atoms with E-state index in [0.717, 1.165) is 37.7 Å². The lowest BCUT2D eigenvalue weighted by atomic mass is 10.0. The number of carbonyl (C=O) groups is 1. The summed E-state index contributed by atoms with van der Waals surface area (Å²) in [5.41, 5.74) is 6.78. The fraction of sp³-hybridized carbons (Fsp3) is 0.600. The molecule has 0 aliphatic carbocycles. The number of nitrogens with zero attached hydrogens (tertiary/aromatic N) is 2. The molecule has 2 atom stereocenters. The van der Waals surface area contributed by atoms with Crippen molar-refractivity contribution < 1.29 is 9.53 Å². The molecule has 2 unspecified atom stereocenters. The number of hydrogen-bond acceptors (Lipinski definition) is 5. The third-order valence-corrected chi connectivity index (χ3v) is 3.81. The number of pyridine rings is 1. The molecule has 23 heavy (non-hydrogen) atoms. The Kier molecular flexibility index (Phi) is 10.1. The molecule has 6 nitrogen and oxygen atoms in total. The van der Waals surface area contributed by atoms with Gasteiger partial charge in [0, 0.05) is 37.8 Å². The average Bonchev–Trinajstić information content (AvgIpc) is 2.53. The van der Waals surface area contributed by atoms with Crippen LogP contribution in [-0.4, -0.2) is 43.2 Å². The molecular weight excluding hydrogens is 339 g/mol. The maximum atomic E-state index is 11.9. The first-order chi connectivity index (χ1) is 10.1. The number of ether oxygens (including phenoxy) is 1. The fourth-order valence-corrected chi connectivity index (χ4v) is 2.12. The molecule has 0 spiro atoms. The maximum absolute atomic E-state index is 11.9. The van der Waals surface area contributed by atoms with E-state index in [2.05, 4.69) is 15.2 Å². The number of carbonyl (C=O) groups excluding carboxylic acids is 1. The van der Waals surface area contributed by atoms with Crippen molar-refractivity contribution >= 4 is 36.5 Å². The smallest absolute Gasteiger partial charge is 0.224 e. The van der Waals surface area contributed by atoms with E-state index < -0.39 is 0 Å². The van der Waals surface area contributed by atoms with E-state index in [4.69, 9.17) is 10.5 Å². The average molecular weight is 365 g/mol. The highest BCUT2D eigenvalue weighted by molar-refractivity contribution is 5.85. The second-order valence-corrected chi connectivity index (χ2v) is 5.49. The monoisotopic (exact) mass is 364 g/mol. The van der Waals surface area contributed by atoms with Crippen LogP contribution in [0.2, 0.25) is 0 Å². The second-order valence-electron chi connectivity index (χ2n) is 5.49. The fourth-order valence-electron chi connectivity index (χ4n) is 2.12. The van der Waals surface area contributed by atoms with Crippen LogP contribution in [-0.2, 0) is 16.1 Å². The summed E-state index contributed by atoms with van der Waals surface area (Å²) < 4.78 is 5.34. The van der Waals surface area contributed by atoms with Crippen LogP contribution in [0, 0.1) is 5.92 Å². The lowest BCUT2D eigenvalue weighted by molar-refractivity contribution is -0.125. The van der Waals surface area contributed by atoms with E-state index in [1.54, 1.807) is 6.20 Å². The minimum absolute atomic E-state index is 0. The van der Waals surface area contributed by atoms with Crippen LogP contribution >= 0.6 is 24.8 Å². The normalized spacial score (nSPS) is 16.6. The molecule has 3 N–H and O–H groups in total. The largest absolute Gasteiger partial charge is 0.378 e. The SMILES string of the molecule is CC(N)C(C)C(=O)NCc1ccnc(N2CCOCC2)c1.Cl.Cl. The Hall–Kier alpha value is -1.08. The van der Waals surface area contributed by atoms with E-state index in [1.165, 1.54) is 0 Å². The van der Waals surface area contributed by atoms with Crippen LogP contribution in [0.4, 0.5) is 5.82 Å². The van der Waals surface area contributed by atoms with Gasteiger partial charge in [-0.2, -0.15) is 0 Å². The van der Waals surface area contributed by atoms with Crippen molar-refractivity contribution in [1.82, 2.24) is 10.3 Å². The summed E-state index contributed by atoms with van der Waals surface area (Å²) in [4.78, 5) is 18.5. The summed E-state index contributed by atoms with van der Waals surface area (Å²) in [5.74, 6) is 0.727. The molecule has 1 amide bonds. The van der Waals surface area contributed by atoms with Crippen LogP contribution in [0.25, 0.3) is 0 Å². The molecule has 1 aromatic heterocycles. The van der Waals surface area contributed by atoms with Crippen molar-refractivity contribution in [2.45, 2.75) is 26.4 Å². The van der Waals surface area contributed by atoms with Crippen LogP contribution in [0.15, 0.2) is 18.3 Å². The molecule has 1 aliphatic rings. The summed E-state index contributed by atoms with van der Waals surface area (Å²) in [5, 5.41) is 2.92. The molecule has 2 rings (SSSR count). The van der Waals surface area contributed by atoms with Gasteiger partial charge in [-0.3, -0.25) is 4.79 Å². The van der Waals surface area contributed by atoms with Crippen molar-refractivity contribution in [3.05, 3.63) is 23.9 Å². The van der Waals surface area contributed by atoms with E-state index in [0.29, 0.717) is 6.54 Å². The summed E-state index contributed by atoms with van der Waals surface area (Å²) in [7, 11) is 0. The van der Waals surface area contributed by atoms with Crippen molar-refractivity contribution in [1.29, 1.82) is 0 Å². The molecule has 1 saturated heterocycles. The number of hydrogen-bond donors (Lipinski definition) is 2. The first kappa shape index (κ1) is 21.9. The number of amides is 1. The maximum Gasteiger partial charge on any atom is 0.224 e. The van der Waals surface area contributed by atoms with E-state index in [-0.39, 0.29) is 42.7 Å². The van der Waals surface area contributed by atoms with Gasteiger partial charge >= 0.3 is 0 Å². The molecule has 132 valence electrons. The zero-order valence-electron chi connectivity index (χ0n) is 13.5. The lowest BCUT2D eigenvalue weighted by Gasteiger charge is -2.28. The van der Waals surface area contributed by atoms with Crippen LogP contribution in [0.3, 0.4) is 0 Å². The molecule has 1 fully saturated rings. The van der Waals surface area contributed by atoms with Crippen LogP contribution in [0.1, 0.15) is 19.4 Å². The number of halogens is 2. The Bertz CT molecular complexity index is 482. The highest BCUT2D eigenvalue weighted by Gasteiger charge is 2.17. The van der Waals surface area contributed by atoms with Gasteiger partial charge in [-0.15, -0.1) is 24.8 Å².